The van der Waals surface area contributed by atoms with Gasteiger partial charge in [0.2, 0.25) is 0 Å². The van der Waals surface area contributed by atoms with E-state index < -0.39 is 0 Å². The van der Waals surface area contributed by atoms with Crippen LogP contribution >= 0.6 is 0 Å². The Bertz CT molecular complexity index is 281. The first-order valence-corrected chi connectivity index (χ1v) is 5.30. The highest BCUT2D eigenvalue weighted by Crippen LogP contribution is 1.95. The van der Waals surface area contributed by atoms with Crippen molar-refractivity contribution in [1.29, 1.82) is 0 Å². The lowest BCUT2D eigenvalue weighted by Crippen LogP contribution is -2.30. The summed E-state index contributed by atoms with van der Waals surface area (Å²) in [6.45, 7) is 4.08. The van der Waals surface area contributed by atoms with E-state index in [-0.39, 0.29) is 0 Å². The summed E-state index contributed by atoms with van der Waals surface area (Å²) in [6, 6.07) is 0.504. The molecular formula is C10H21N5. The van der Waals surface area contributed by atoms with Gasteiger partial charge < -0.3 is 14.8 Å². The smallest absolute Gasteiger partial charge is 0.146 e. The quantitative estimate of drug-likeness (QED) is 0.732. The molecule has 0 aliphatic heterocycles. The number of rotatable bonds is 6. The van der Waals surface area contributed by atoms with Crippen LogP contribution in [0.25, 0.3) is 0 Å². The predicted octanol–water partition coefficient (Wildman–Crippen LogP) is 0.245. The Labute approximate surface area is 91.5 Å². The van der Waals surface area contributed by atoms with Crippen LogP contribution in [0.3, 0.4) is 0 Å². The third kappa shape index (κ3) is 4.40. The lowest BCUT2D eigenvalue weighted by molar-refractivity contribution is 0.364. The fourth-order valence-electron chi connectivity index (χ4n) is 1.29. The molecule has 1 atom stereocenters. The van der Waals surface area contributed by atoms with Gasteiger partial charge in [0.25, 0.3) is 0 Å². The molecule has 0 aromatic carbocycles. The number of aryl methyl sites for hydroxylation is 1. The molecule has 1 unspecified atom stereocenters. The van der Waals surface area contributed by atoms with Crippen molar-refractivity contribution < 1.29 is 0 Å². The maximum atomic E-state index is 4.02. The molecule has 5 nitrogen and oxygen atoms in total. The highest BCUT2D eigenvalue weighted by molar-refractivity contribution is 4.83. The second kappa shape index (κ2) is 5.82. The number of nitrogens with one attached hydrogen (secondary N) is 1. The minimum Gasteiger partial charge on any atom is -0.320 e. The van der Waals surface area contributed by atoms with Crippen molar-refractivity contribution in [3.8, 4) is 0 Å². The van der Waals surface area contributed by atoms with E-state index in [0.29, 0.717) is 6.04 Å². The molecule has 0 amide bonds. The van der Waals surface area contributed by atoms with Gasteiger partial charge in [0.1, 0.15) is 12.2 Å². The summed E-state index contributed by atoms with van der Waals surface area (Å²) >= 11 is 0. The molecule has 0 fully saturated rings. The van der Waals surface area contributed by atoms with Gasteiger partial charge in [-0.1, -0.05) is 0 Å². The molecule has 1 N–H and O–H groups in total. The standard InChI is InChI=1S/C10H21N5/c1-9(5-6-14(2)3)11-7-10-13-12-8-15(10)4/h8-9,11H,5-7H2,1-4H3. The van der Waals surface area contributed by atoms with Crippen LogP contribution in [0.15, 0.2) is 6.33 Å². The molecule has 86 valence electrons. The summed E-state index contributed by atoms with van der Waals surface area (Å²) in [5, 5.41) is 11.3. The summed E-state index contributed by atoms with van der Waals surface area (Å²) < 4.78 is 1.94. The van der Waals surface area contributed by atoms with E-state index in [1.807, 2.05) is 11.6 Å². The maximum Gasteiger partial charge on any atom is 0.146 e. The van der Waals surface area contributed by atoms with Crippen molar-refractivity contribution >= 4 is 0 Å². The monoisotopic (exact) mass is 211 g/mol. The van der Waals surface area contributed by atoms with Crippen molar-refractivity contribution in [3.05, 3.63) is 12.2 Å². The van der Waals surface area contributed by atoms with Crippen LogP contribution in [-0.2, 0) is 13.6 Å². The Balaban J connectivity index is 2.22. The molecule has 0 spiro atoms. The molecule has 1 heterocycles. The van der Waals surface area contributed by atoms with E-state index in [4.69, 9.17) is 0 Å². The molecule has 5 heteroatoms. The normalized spacial score (nSPS) is 13.4. The molecule has 0 saturated carbocycles. The lowest BCUT2D eigenvalue weighted by atomic mass is 10.2. The van der Waals surface area contributed by atoms with Gasteiger partial charge in [-0.05, 0) is 34.0 Å². The zero-order chi connectivity index (χ0) is 11.3. The molecule has 1 aromatic heterocycles. The van der Waals surface area contributed by atoms with Crippen LogP contribution in [0, 0.1) is 0 Å². The van der Waals surface area contributed by atoms with Gasteiger partial charge in [-0.15, -0.1) is 10.2 Å². The largest absolute Gasteiger partial charge is 0.320 e. The molecular weight excluding hydrogens is 190 g/mol. The van der Waals surface area contributed by atoms with Crippen LogP contribution in [0.1, 0.15) is 19.2 Å². The highest BCUT2D eigenvalue weighted by Gasteiger charge is 2.04. The van der Waals surface area contributed by atoms with E-state index in [2.05, 4.69) is 41.4 Å². The highest BCUT2D eigenvalue weighted by atomic mass is 15.3. The molecule has 0 aliphatic carbocycles. The van der Waals surface area contributed by atoms with Crippen LogP contribution in [-0.4, -0.2) is 46.3 Å². The molecule has 0 saturated heterocycles. The summed E-state index contributed by atoms with van der Waals surface area (Å²) in [6.07, 6.45) is 2.87. The number of hydrogen-bond acceptors (Lipinski definition) is 4. The molecule has 15 heavy (non-hydrogen) atoms. The second-order valence-electron chi connectivity index (χ2n) is 4.23. The topological polar surface area (TPSA) is 46.0 Å². The Morgan fingerprint density at radius 1 is 1.53 bits per heavy atom. The van der Waals surface area contributed by atoms with E-state index in [9.17, 15) is 0 Å². The van der Waals surface area contributed by atoms with Crippen LogP contribution in [0.4, 0.5) is 0 Å². The summed E-state index contributed by atoms with van der Waals surface area (Å²) in [7, 11) is 6.15. The molecule has 1 aromatic rings. The van der Waals surface area contributed by atoms with Crippen molar-refractivity contribution in [2.45, 2.75) is 25.9 Å². The zero-order valence-electron chi connectivity index (χ0n) is 10.1. The fraction of sp³-hybridized carbons (Fsp3) is 0.800. The molecule has 0 aliphatic rings. The Morgan fingerprint density at radius 3 is 2.80 bits per heavy atom. The summed E-state index contributed by atoms with van der Waals surface area (Å²) in [5.74, 6) is 0.978. The van der Waals surface area contributed by atoms with Gasteiger partial charge in [-0.3, -0.25) is 0 Å². The zero-order valence-corrected chi connectivity index (χ0v) is 10.1. The number of aromatic nitrogens is 3. The van der Waals surface area contributed by atoms with Gasteiger partial charge in [0.05, 0.1) is 6.54 Å². The van der Waals surface area contributed by atoms with Crippen molar-refractivity contribution in [2.24, 2.45) is 7.05 Å². The van der Waals surface area contributed by atoms with E-state index in [1.54, 1.807) is 6.33 Å². The first-order valence-electron chi connectivity index (χ1n) is 5.30. The predicted molar refractivity (Wildman–Crippen MR) is 60.5 cm³/mol. The van der Waals surface area contributed by atoms with Crippen molar-refractivity contribution in [2.75, 3.05) is 20.6 Å². The maximum absolute atomic E-state index is 4.02. The molecule has 0 bridgehead atoms. The van der Waals surface area contributed by atoms with E-state index in [0.717, 1.165) is 25.3 Å². The molecule has 1 rings (SSSR count). The average molecular weight is 211 g/mol. The number of hydrogen-bond donors (Lipinski definition) is 1. The Morgan fingerprint density at radius 2 is 2.27 bits per heavy atom. The lowest BCUT2D eigenvalue weighted by Gasteiger charge is -2.16. The van der Waals surface area contributed by atoms with E-state index >= 15 is 0 Å². The molecule has 0 radical (unpaired) electrons. The second-order valence-corrected chi connectivity index (χ2v) is 4.23. The van der Waals surface area contributed by atoms with Gasteiger partial charge in [-0.2, -0.15) is 0 Å². The average Bonchev–Trinajstić information content (AvgIpc) is 2.58. The number of nitrogens with zero attached hydrogens (tertiary/aromatic N) is 4. The summed E-state index contributed by atoms with van der Waals surface area (Å²) in [4.78, 5) is 2.19. The van der Waals surface area contributed by atoms with Crippen LogP contribution in [0.5, 0.6) is 0 Å². The van der Waals surface area contributed by atoms with E-state index in [1.165, 1.54) is 0 Å². The Kier molecular flexibility index (Phi) is 4.71. The van der Waals surface area contributed by atoms with Gasteiger partial charge in [-0.25, -0.2) is 0 Å². The minimum atomic E-state index is 0.504. The fourth-order valence-corrected chi connectivity index (χ4v) is 1.29. The first kappa shape index (κ1) is 12.1. The third-order valence-corrected chi connectivity index (χ3v) is 2.42. The Hall–Kier alpha value is -0.940. The first-order chi connectivity index (χ1) is 7.09. The summed E-state index contributed by atoms with van der Waals surface area (Å²) in [5.41, 5.74) is 0. The van der Waals surface area contributed by atoms with Gasteiger partial charge in [0, 0.05) is 13.1 Å². The van der Waals surface area contributed by atoms with Crippen molar-refractivity contribution in [1.82, 2.24) is 25.0 Å². The minimum absolute atomic E-state index is 0.504. The van der Waals surface area contributed by atoms with Crippen molar-refractivity contribution in [3.63, 3.8) is 0 Å². The SMILES string of the molecule is CC(CCN(C)C)NCc1nncn1C. The third-order valence-electron chi connectivity index (χ3n) is 2.42. The van der Waals surface area contributed by atoms with Gasteiger partial charge in [0.15, 0.2) is 0 Å². The van der Waals surface area contributed by atoms with Gasteiger partial charge >= 0.3 is 0 Å². The van der Waals surface area contributed by atoms with Crippen LogP contribution in [0.2, 0.25) is 0 Å². The van der Waals surface area contributed by atoms with Crippen LogP contribution < -0.4 is 5.32 Å².